The molecule has 16 heteroatoms. The van der Waals surface area contributed by atoms with Crippen LogP contribution >= 0.6 is 0 Å². The monoisotopic (exact) mass is 656 g/mol. The van der Waals surface area contributed by atoms with Crippen LogP contribution in [0.5, 0.6) is 0 Å². The molecule has 1 aromatic rings. The summed E-state index contributed by atoms with van der Waals surface area (Å²) in [5, 5.41) is 21.4. The van der Waals surface area contributed by atoms with Gasteiger partial charge in [-0.3, -0.25) is 38.5 Å². The Morgan fingerprint density at radius 1 is 0.787 bits per heavy atom. The Hall–Kier alpha value is -5.12. The number of ether oxygens (including phenoxy) is 1. The number of carbonyl (C=O) groups is 8. The standard InChI is InChI=1S/C31H40N6O10/c38-23(9-5-2-6-14-37-27(42)12-13-28(37)43)32-16-24(39)33-18-26(41)36-22(15-20-7-3-1-4-8-20)30(44)34-17-25(40)35-19-47-29(31(45)46)21-10-11-21/h1,3-4,7-8,12-13,21-22,29H,2,5-6,9-11,14-19H2,(H,32,38)(H,33,39)(H,34,44)(H,35,40)(H,36,41)(H,45,46)/t22-,29-/m0/s1. The molecule has 3 rings (SSSR count). The van der Waals surface area contributed by atoms with Crippen LogP contribution in [0.15, 0.2) is 42.5 Å². The predicted molar refractivity (Wildman–Crippen MR) is 164 cm³/mol. The molecular weight excluding hydrogens is 616 g/mol. The number of nitrogens with zero attached hydrogens (tertiary/aromatic N) is 1. The Morgan fingerprint density at radius 2 is 1.40 bits per heavy atom. The Kier molecular flexibility index (Phi) is 14.5. The quantitative estimate of drug-likeness (QED) is 0.0510. The minimum Gasteiger partial charge on any atom is -0.479 e. The van der Waals surface area contributed by atoms with Crippen LogP contribution in [0.25, 0.3) is 0 Å². The zero-order valence-corrected chi connectivity index (χ0v) is 25.8. The summed E-state index contributed by atoms with van der Waals surface area (Å²) in [6, 6.07) is 7.73. The number of benzene rings is 1. The maximum atomic E-state index is 12.9. The van der Waals surface area contributed by atoms with Crippen LogP contribution in [0.3, 0.4) is 0 Å². The lowest BCUT2D eigenvalue weighted by molar-refractivity contribution is -0.153. The van der Waals surface area contributed by atoms with E-state index in [1.807, 2.05) is 0 Å². The van der Waals surface area contributed by atoms with Gasteiger partial charge in [-0.1, -0.05) is 36.8 Å². The van der Waals surface area contributed by atoms with Crippen molar-refractivity contribution in [2.24, 2.45) is 5.92 Å². The highest BCUT2D eigenvalue weighted by Gasteiger charge is 2.37. The summed E-state index contributed by atoms with van der Waals surface area (Å²) in [6.07, 6.45) is 4.77. The highest BCUT2D eigenvalue weighted by atomic mass is 16.5. The van der Waals surface area contributed by atoms with Crippen molar-refractivity contribution in [2.45, 2.75) is 57.1 Å². The molecule has 1 aromatic carbocycles. The Labute approximate surface area is 271 Å². The van der Waals surface area contributed by atoms with Crippen molar-refractivity contribution < 1.29 is 48.2 Å². The Balaban J connectivity index is 1.34. The van der Waals surface area contributed by atoms with Crippen molar-refractivity contribution in [3.8, 4) is 0 Å². The van der Waals surface area contributed by atoms with E-state index in [1.165, 1.54) is 12.2 Å². The van der Waals surface area contributed by atoms with Gasteiger partial charge in [-0.2, -0.15) is 0 Å². The summed E-state index contributed by atoms with van der Waals surface area (Å²) in [5.74, 6) is -4.85. The lowest BCUT2D eigenvalue weighted by Gasteiger charge is -2.19. The van der Waals surface area contributed by atoms with Crippen molar-refractivity contribution in [3.63, 3.8) is 0 Å². The third kappa shape index (κ3) is 13.4. The van der Waals surface area contributed by atoms with Crippen molar-refractivity contribution in [1.29, 1.82) is 0 Å². The SMILES string of the molecule is O=C(CCCCCN1C(=O)C=CC1=O)NCC(=O)NCC(=O)N[C@@H](Cc1ccccc1)C(=O)NCC(=O)NCO[C@H](C(=O)O)C1CC1. The van der Waals surface area contributed by atoms with E-state index in [0.717, 1.165) is 23.3 Å². The largest absolute Gasteiger partial charge is 0.479 e. The van der Waals surface area contributed by atoms with Gasteiger partial charge in [0.05, 0.1) is 19.6 Å². The Morgan fingerprint density at radius 3 is 2.06 bits per heavy atom. The number of carboxylic acids is 1. The first-order chi connectivity index (χ1) is 22.5. The van der Waals surface area contributed by atoms with Crippen LogP contribution in [0.4, 0.5) is 0 Å². The number of imide groups is 1. The number of hydrogen-bond donors (Lipinski definition) is 6. The van der Waals surface area contributed by atoms with Crippen LogP contribution in [-0.4, -0.2) is 102 Å². The summed E-state index contributed by atoms with van der Waals surface area (Å²) in [4.78, 5) is 97.4. The van der Waals surface area contributed by atoms with Crippen LogP contribution in [-0.2, 0) is 49.5 Å². The minimum atomic E-state index is -1.11. The lowest BCUT2D eigenvalue weighted by atomic mass is 10.1. The zero-order chi connectivity index (χ0) is 34.2. The molecule has 254 valence electrons. The molecule has 7 amide bonds. The van der Waals surface area contributed by atoms with Crippen LogP contribution in [0.1, 0.15) is 44.1 Å². The third-order valence-electron chi connectivity index (χ3n) is 7.26. The number of hydrogen-bond acceptors (Lipinski definition) is 9. The van der Waals surface area contributed by atoms with Gasteiger partial charge in [0.2, 0.25) is 29.5 Å². The molecule has 2 aliphatic rings. The van der Waals surface area contributed by atoms with E-state index >= 15 is 0 Å². The molecule has 0 aromatic heterocycles. The van der Waals surface area contributed by atoms with Crippen LogP contribution in [0, 0.1) is 5.92 Å². The molecule has 1 aliphatic carbocycles. The average molecular weight is 657 g/mol. The van der Waals surface area contributed by atoms with E-state index in [2.05, 4.69) is 26.6 Å². The average Bonchev–Trinajstić information content (AvgIpc) is 3.84. The first-order valence-electron chi connectivity index (χ1n) is 15.3. The fourth-order valence-corrected chi connectivity index (χ4v) is 4.57. The molecule has 1 saturated carbocycles. The third-order valence-corrected chi connectivity index (χ3v) is 7.26. The second-order valence-electron chi connectivity index (χ2n) is 11.1. The van der Waals surface area contributed by atoms with Gasteiger partial charge >= 0.3 is 5.97 Å². The fraction of sp³-hybridized carbons (Fsp3) is 0.484. The maximum Gasteiger partial charge on any atom is 0.333 e. The smallest absolute Gasteiger partial charge is 0.333 e. The van der Waals surface area contributed by atoms with Gasteiger partial charge in [-0.25, -0.2) is 4.79 Å². The molecular formula is C31H40N6O10. The summed E-state index contributed by atoms with van der Waals surface area (Å²) in [7, 11) is 0. The second kappa shape index (κ2) is 18.8. The zero-order valence-electron chi connectivity index (χ0n) is 25.8. The number of carbonyl (C=O) groups excluding carboxylic acids is 7. The van der Waals surface area contributed by atoms with Gasteiger partial charge in [-0.05, 0) is 37.2 Å². The van der Waals surface area contributed by atoms with E-state index in [0.29, 0.717) is 19.3 Å². The number of nitrogens with one attached hydrogen (secondary N) is 5. The summed E-state index contributed by atoms with van der Waals surface area (Å²) in [5.41, 5.74) is 0.729. The van der Waals surface area contributed by atoms with E-state index in [-0.39, 0.29) is 56.3 Å². The van der Waals surface area contributed by atoms with Crippen molar-refractivity contribution in [1.82, 2.24) is 31.5 Å². The minimum absolute atomic E-state index is 0.0797. The summed E-state index contributed by atoms with van der Waals surface area (Å²) in [6.45, 7) is -1.35. The van der Waals surface area contributed by atoms with E-state index in [9.17, 15) is 43.5 Å². The van der Waals surface area contributed by atoms with Crippen molar-refractivity contribution >= 4 is 47.3 Å². The topological polar surface area (TPSA) is 229 Å². The van der Waals surface area contributed by atoms with Gasteiger partial charge in [0.25, 0.3) is 11.8 Å². The highest BCUT2D eigenvalue weighted by molar-refractivity contribution is 6.12. The molecule has 2 atom stereocenters. The van der Waals surface area contributed by atoms with Crippen molar-refractivity contribution in [3.05, 3.63) is 48.0 Å². The van der Waals surface area contributed by atoms with E-state index in [1.54, 1.807) is 30.3 Å². The van der Waals surface area contributed by atoms with Crippen LogP contribution in [0.2, 0.25) is 0 Å². The molecule has 6 N–H and O–H groups in total. The Bertz CT molecular complexity index is 1330. The van der Waals surface area contributed by atoms with E-state index in [4.69, 9.17) is 4.74 Å². The molecule has 47 heavy (non-hydrogen) atoms. The number of unbranched alkanes of at least 4 members (excludes halogenated alkanes) is 2. The molecule has 0 spiro atoms. The predicted octanol–water partition coefficient (Wildman–Crippen LogP) is -1.50. The molecule has 16 nitrogen and oxygen atoms in total. The second-order valence-corrected chi connectivity index (χ2v) is 11.1. The normalized spacial score (nSPS) is 15.0. The molecule has 0 radical (unpaired) electrons. The van der Waals surface area contributed by atoms with Gasteiger partial charge in [-0.15, -0.1) is 0 Å². The summed E-state index contributed by atoms with van der Waals surface area (Å²) >= 11 is 0. The number of aliphatic carboxylic acids is 1. The molecule has 0 saturated heterocycles. The van der Waals surface area contributed by atoms with Crippen LogP contribution < -0.4 is 26.6 Å². The van der Waals surface area contributed by atoms with Gasteiger partial charge in [0.15, 0.2) is 6.10 Å². The number of carboxylic acid groups (broad SMARTS) is 1. The molecule has 1 aliphatic heterocycles. The summed E-state index contributed by atoms with van der Waals surface area (Å²) < 4.78 is 5.23. The van der Waals surface area contributed by atoms with Crippen molar-refractivity contribution in [2.75, 3.05) is 32.9 Å². The number of amides is 7. The van der Waals surface area contributed by atoms with Gasteiger partial charge in [0, 0.05) is 31.5 Å². The van der Waals surface area contributed by atoms with Gasteiger partial charge < -0.3 is 36.4 Å². The highest BCUT2D eigenvalue weighted by Crippen LogP contribution is 2.34. The molecule has 1 heterocycles. The number of rotatable bonds is 21. The lowest BCUT2D eigenvalue weighted by Crippen LogP contribution is -2.52. The molecule has 1 fully saturated rings. The molecule has 0 unspecified atom stereocenters. The first kappa shape index (κ1) is 36.3. The fourth-order valence-electron chi connectivity index (χ4n) is 4.57. The maximum absolute atomic E-state index is 12.9. The first-order valence-corrected chi connectivity index (χ1v) is 15.3. The van der Waals surface area contributed by atoms with Gasteiger partial charge in [0.1, 0.15) is 12.8 Å². The molecule has 0 bridgehead atoms. The van der Waals surface area contributed by atoms with E-state index < -0.39 is 54.8 Å².